The van der Waals surface area contributed by atoms with E-state index in [1.54, 1.807) is 0 Å². The molecule has 0 atom stereocenters. The van der Waals surface area contributed by atoms with Gasteiger partial charge in [0.1, 0.15) is 5.82 Å². The lowest BCUT2D eigenvalue weighted by Gasteiger charge is -2.00. The summed E-state index contributed by atoms with van der Waals surface area (Å²) in [4.78, 5) is 0. The standard InChI is InChI=1S/C5H5F3IN3/c1-12-4(10)2(9)3(11-12)5(6,7)8/h10H2,1H3. The zero-order chi connectivity index (χ0) is 9.52. The lowest BCUT2D eigenvalue weighted by atomic mass is 10.4. The van der Waals surface area contributed by atoms with Gasteiger partial charge in [0.05, 0.1) is 3.57 Å². The number of nitrogens with zero attached hydrogens (tertiary/aromatic N) is 2. The van der Waals surface area contributed by atoms with E-state index in [9.17, 15) is 13.2 Å². The summed E-state index contributed by atoms with van der Waals surface area (Å²) in [5.74, 6) is 0.0305. The maximum atomic E-state index is 12.1. The molecular formula is C5H5F3IN3. The van der Waals surface area contributed by atoms with E-state index in [0.29, 0.717) is 0 Å². The van der Waals surface area contributed by atoms with Gasteiger partial charge in [-0.1, -0.05) is 0 Å². The second kappa shape index (κ2) is 2.79. The summed E-state index contributed by atoms with van der Waals surface area (Å²) in [5, 5.41) is 3.24. The topological polar surface area (TPSA) is 43.8 Å². The molecule has 1 aromatic rings. The molecule has 0 saturated carbocycles. The largest absolute Gasteiger partial charge is 0.436 e. The van der Waals surface area contributed by atoms with E-state index in [1.807, 2.05) is 0 Å². The molecule has 7 heteroatoms. The van der Waals surface area contributed by atoms with E-state index < -0.39 is 11.9 Å². The Hall–Kier alpha value is -0.470. The van der Waals surface area contributed by atoms with Gasteiger partial charge in [-0.05, 0) is 22.6 Å². The maximum Gasteiger partial charge on any atom is 0.436 e. The first-order valence-electron chi connectivity index (χ1n) is 2.89. The highest BCUT2D eigenvalue weighted by molar-refractivity contribution is 14.1. The summed E-state index contributed by atoms with van der Waals surface area (Å²) in [6, 6.07) is 0. The van der Waals surface area contributed by atoms with E-state index in [1.165, 1.54) is 29.6 Å². The number of nitrogens with two attached hydrogens (primary N) is 1. The highest BCUT2D eigenvalue weighted by Crippen LogP contribution is 2.33. The second-order valence-electron chi connectivity index (χ2n) is 2.17. The summed E-state index contributed by atoms with van der Waals surface area (Å²) in [6.07, 6.45) is -4.42. The number of anilines is 1. The van der Waals surface area contributed by atoms with Gasteiger partial charge in [-0.3, -0.25) is 4.68 Å². The molecule has 68 valence electrons. The van der Waals surface area contributed by atoms with Gasteiger partial charge in [0.2, 0.25) is 0 Å². The van der Waals surface area contributed by atoms with Gasteiger partial charge in [0.25, 0.3) is 0 Å². The van der Waals surface area contributed by atoms with E-state index in [-0.39, 0.29) is 9.39 Å². The SMILES string of the molecule is Cn1nc(C(F)(F)F)c(I)c1N. The van der Waals surface area contributed by atoms with Crippen molar-refractivity contribution >= 4 is 28.4 Å². The van der Waals surface area contributed by atoms with Crippen LogP contribution < -0.4 is 5.73 Å². The van der Waals surface area contributed by atoms with Gasteiger partial charge < -0.3 is 5.73 Å². The van der Waals surface area contributed by atoms with Crippen LogP contribution >= 0.6 is 22.6 Å². The van der Waals surface area contributed by atoms with Crippen LogP contribution in [0.3, 0.4) is 0 Å². The van der Waals surface area contributed by atoms with Crippen LogP contribution in [0.1, 0.15) is 5.69 Å². The molecular weight excluding hydrogens is 286 g/mol. The van der Waals surface area contributed by atoms with Crippen LogP contribution in [-0.2, 0) is 13.2 Å². The smallest absolute Gasteiger partial charge is 0.383 e. The minimum atomic E-state index is -4.42. The third kappa shape index (κ3) is 1.50. The minimum absolute atomic E-state index is 0.0305. The summed E-state index contributed by atoms with van der Waals surface area (Å²) in [5.41, 5.74) is 4.36. The summed E-state index contributed by atoms with van der Waals surface area (Å²) >= 11 is 1.52. The summed E-state index contributed by atoms with van der Waals surface area (Å²) in [7, 11) is 1.37. The molecule has 12 heavy (non-hydrogen) atoms. The Labute approximate surface area is 79.9 Å². The number of alkyl halides is 3. The lowest BCUT2D eigenvalue weighted by molar-refractivity contribution is -0.142. The normalized spacial score (nSPS) is 12.1. The molecule has 3 nitrogen and oxygen atoms in total. The number of aromatic nitrogens is 2. The average molecular weight is 291 g/mol. The third-order valence-electron chi connectivity index (χ3n) is 1.30. The zero-order valence-electron chi connectivity index (χ0n) is 5.98. The fraction of sp³-hybridized carbons (Fsp3) is 0.400. The molecule has 0 aliphatic heterocycles. The van der Waals surface area contributed by atoms with Crippen molar-refractivity contribution in [2.45, 2.75) is 6.18 Å². The van der Waals surface area contributed by atoms with Crippen LogP contribution in [0.25, 0.3) is 0 Å². The summed E-state index contributed by atoms with van der Waals surface area (Å²) < 4.78 is 37.3. The Bertz CT molecular complexity index is 304. The molecule has 0 aliphatic carbocycles. The maximum absolute atomic E-state index is 12.1. The first-order chi connectivity index (χ1) is 5.34. The number of nitrogen functional groups attached to an aromatic ring is 1. The van der Waals surface area contributed by atoms with E-state index >= 15 is 0 Å². The molecule has 0 aliphatic rings. The van der Waals surface area contributed by atoms with Crippen molar-refractivity contribution in [1.82, 2.24) is 9.78 Å². The average Bonchev–Trinajstić information content (AvgIpc) is 2.15. The quantitative estimate of drug-likeness (QED) is 0.738. The first-order valence-corrected chi connectivity index (χ1v) is 3.97. The number of hydrogen-bond acceptors (Lipinski definition) is 2. The Morgan fingerprint density at radius 3 is 2.17 bits per heavy atom. The number of aryl methyl sites for hydroxylation is 1. The Morgan fingerprint density at radius 2 is 2.00 bits per heavy atom. The number of hydrogen-bond donors (Lipinski definition) is 1. The van der Waals surface area contributed by atoms with Crippen molar-refractivity contribution in [2.24, 2.45) is 7.05 Å². The minimum Gasteiger partial charge on any atom is -0.383 e. The van der Waals surface area contributed by atoms with Crippen molar-refractivity contribution in [3.63, 3.8) is 0 Å². The molecule has 0 fully saturated rings. The van der Waals surface area contributed by atoms with Gasteiger partial charge in [-0.25, -0.2) is 0 Å². The molecule has 0 unspecified atom stereocenters. The number of halogens is 4. The van der Waals surface area contributed by atoms with Crippen LogP contribution in [0, 0.1) is 3.57 Å². The summed E-state index contributed by atoms with van der Waals surface area (Å²) in [6.45, 7) is 0. The highest BCUT2D eigenvalue weighted by Gasteiger charge is 2.37. The Kier molecular flexibility index (Phi) is 2.23. The monoisotopic (exact) mass is 291 g/mol. The first kappa shape index (κ1) is 9.62. The van der Waals surface area contributed by atoms with Gasteiger partial charge in [0.15, 0.2) is 5.69 Å². The van der Waals surface area contributed by atoms with Crippen molar-refractivity contribution in [3.05, 3.63) is 9.26 Å². The van der Waals surface area contributed by atoms with Crippen LogP contribution in [0.5, 0.6) is 0 Å². The third-order valence-corrected chi connectivity index (χ3v) is 2.36. The molecule has 0 aromatic carbocycles. The molecule has 0 spiro atoms. The fourth-order valence-corrected chi connectivity index (χ4v) is 1.46. The van der Waals surface area contributed by atoms with Gasteiger partial charge in [0, 0.05) is 7.05 Å². The van der Waals surface area contributed by atoms with Crippen LogP contribution in [-0.4, -0.2) is 9.78 Å². The van der Waals surface area contributed by atoms with Crippen LogP contribution in [0.2, 0.25) is 0 Å². The Morgan fingerprint density at radius 1 is 1.50 bits per heavy atom. The van der Waals surface area contributed by atoms with Crippen molar-refractivity contribution < 1.29 is 13.2 Å². The van der Waals surface area contributed by atoms with E-state index in [2.05, 4.69) is 5.10 Å². The van der Waals surface area contributed by atoms with Crippen molar-refractivity contribution in [2.75, 3.05) is 5.73 Å². The highest BCUT2D eigenvalue weighted by atomic mass is 127. The van der Waals surface area contributed by atoms with Crippen LogP contribution in [0.15, 0.2) is 0 Å². The van der Waals surface area contributed by atoms with E-state index in [0.717, 1.165) is 4.68 Å². The second-order valence-corrected chi connectivity index (χ2v) is 3.25. The van der Waals surface area contributed by atoms with Gasteiger partial charge in [-0.2, -0.15) is 18.3 Å². The molecule has 2 N–H and O–H groups in total. The van der Waals surface area contributed by atoms with Crippen molar-refractivity contribution in [3.8, 4) is 0 Å². The number of rotatable bonds is 0. The molecule has 1 rings (SSSR count). The van der Waals surface area contributed by atoms with Gasteiger partial charge in [-0.15, -0.1) is 0 Å². The fourth-order valence-electron chi connectivity index (χ4n) is 0.692. The molecule has 0 saturated heterocycles. The molecule has 0 amide bonds. The molecule has 1 heterocycles. The zero-order valence-corrected chi connectivity index (χ0v) is 8.14. The lowest BCUT2D eigenvalue weighted by Crippen LogP contribution is -2.08. The predicted molar refractivity (Wildman–Crippen MR) is 45.3 cm³/mol. The van der Waals surface area contributed by atoms with Gasteiger partial charge >= 0.3 is 6.18 Å². The van der Waals surface area contributed by atoms with Crippen molar-refractivity contribution in [1.29, 1.82) is 0 Å². The molecule has 1 aromatic heterocycles. The van der Waals surface area contributed by atoms with E-state index in [4.69, 9.17) is 5.73 Å². The van der Waals surface area contributed by atoms with Crippen LogP contribution in [0.4, 0.5) is 19.0 Å². The molecule has 0 bridgehead atoms. The molecule has 0 radical (unpaired) electrons. The predicted octanol–water partition coefficient (Wildman–Crippen LogP) is 1.63. The Balaban J connectivity index is 3.28.